The van der Waals surface area contributed by atoms with E-state index in [0.717, 1.165) is 13.0 Å². The van der Waals surface area contributed by atoms with E-state index < -0.39 is 6.04 Å². The first-order valence-corrected chi connectivity index (χ1v) is 6.99. The molecule has 1 fully saturated rings. The molecule has 0 bridgehead atoms. The van der Waals surface area contributed by atoms with Crippen LogP contribution >= 0.6 is 0 Å². The van der Waals surface area contributed by atoms with E-state index >= 15 is 0 Å². The van der Waals surface area contributed by atoms with Crippen molar-refractivity contribution in [3.8, 4) is 0 Å². The third kappa shape index (κ3) is 4.20. The van der Waals surface area contributed by atoms with Crippen molar-refractivity contribution < 1.29 is 9.59 Å². The first-order valence-electron chi connectivity index (χ1n) is 6.99. The third-order valence-corrected chi connectivity index (χ3v) is 3.67. The van der Waals surface area contributed by atoms with Crippen LogP contribution in [0.5, 0.6) is 0 Å². The molecular formula is C14H27N3O2. The second-order valence-corrected chi connectivity index (χ2v) is 6.38. The van der Waals surface area contributed by atoms with Crippen molar-refractivity contribution in [1.29, 1.82) is 0 Å². The van der Waals surface area contributed by atoms with Crippen molar-refractivity contribution in [3.05, 3.63) is 0 Å². The van der Waals surface area contributed by atoms with Crippen LogP contribution in [0, 0.1) is 11.3 Å². The molecule has 0 aromatic rings. The zero-order valence-electron chi connectivity index (χ0n) is 12.7. The van der Waals surface area contributed by atoms with Gasteiger partial charge >= 0.3 is 0 Å². The summed E-state index contributed by atoms with van der Waals surface area (Å²) in [6.45, 7) is 7.61. The first-order chi connectivity index (χ1) is 8.76. The summed E-state index contributed by atoms with van der Waals surface area (Å²) in [6.07, 6.45) is 1.50. The quantitative estimate of drug-likeness (QED) is 0.768. The molecule has 1 aliphatic rings. The van der Waals surface area contributed by atoms with Gasteiger partial charge in [0.25, 0.3) is 0 Å². The number of likely N-dealkylation sites (N-methyl/N-ethyl adjacent to an activating group) is 1. The predicted octanol–water partition coefficient (Wildman–Crippen LogP) is 0.605. The van der Waals surface area contributed by atoms with E-state index in [9.17, 15) is 9.59 Å². The summed E-state index contributed by atoms with van der Waals surface area (Å²) in [4.78, 5) is 26.0. The fourth-order valence-corrected chi connectivity index (χ4v) is 2.35. The number of hydrogen-bond acceptors (Lipinski definition) is 3. The molecule has 0 saturated carbocycles. The highest BCUT2D eigenvalue weighted by molar-refractivity contribution is 5.90. The Morgan fingerprint density at radius 3 is 2.42 bits per heavy atom. The van der Waals surface area contributed by atoms with E-state index in [1.807, 2.05) is 6.92 Å². The van der Waals surface area contributed by atoms with Crippen LogP contribution in [-0.4, -0.2) is 49.9 Å². The number of amides is 2. The van der Waals surface area contributed by atoms with Crippen LogP contribution in [0.3, 0.4) is 0 Å². The van der Waals surface area contributed by atoms with Gasteiger partial charge in [-0.05, 0) is 32.2 Å². The van der Waals surface area contributed by atoms with Gasteiger partial charge in [0, 0.05) is 20.6 Å². The lowest BCUT2D eigenvalue weighted by atomic mass is 9.88. The molecule has 1 heterocycles. The number of rotatable bonds is 5. The SMILES string of the molecule is CC(C)CC(NC(=O)C1(C)CCNC1)C(=O)N(C)C. The Bertz CT molecular complexity index is 334. The summed E-state index contributed by atoms with van der Waals surface area (Å²) >= 11 is 0. The van der Waals surface area contributed by atoms with Crippen molar-refractivity contribution in [2.24, 2.45) is 11.3 Å². The minimum absolute atomic E-state index is 0.0154. The maximum absolute atomic E-state index is 12.4. The van der Waals surface area contributed by atoms with E-state index in [0.29, 0.717) is 18.9 Å². The Morgan fingerprint density at radius 2 is 2.00 bits per heavy atom. The maximum Gasteiger partial charge on any atom is 0.244 e. The van der Waals surface area contributed by atoms with Crippen LogP contribution in [0.1, 0.15) is 33.6 Å². The fourth-order valence-electron chi connectivity index (χ4n) is 2.35. The standard InChI is InChI=1S/C14H27N3O2/c1-10(2)8-11(12(18)17(4)5)16-13(19)14(3)6-7-15-9-14/h10-11,15H,6-9H2,1-5H3,(H,16,19). The molecule has 0 aliphatic carbocycles. The molecule has 2 N–H and O–H groups in total. The summed E-state index contributed by atoms with van der Waals surface area (Å²) in [6, 6.07) is -0.417. The summed E-state index contributed by atoms with van der Waals surface area (Å²) in [5.74, 6) is 0.318. The Kier molecular flexibility index (Phi) is 5.35. The van der Waals surface area contributed by atoms with Crippen molar-refractivity contribution >= 4 is 11.8 Å². The average molecular weight is 269 g/mol. The highest BCUT2D eigenvalue weighted by atomic mass is 16.2. The van der Waals surface area contributed by atoms with Gasteiger partial charge in [-0.25, -0.2) is 0 Å². The van der Waals surface area contributed by atoms with Gasteiger partial charge in [0.05, 0.1) is 5.41 Å². The van der Waals surface area contributed by atoms with E-state index in [2.05, 4.69) is 24.5 Å². The number of carbonyl (C=O) groups is 2. The van der Waals surface area contributed by atoms with Crippen LogP contribution < -0.4 is 10.6 Å². The molecule has 2 atom stereocenters. The van der Waals surface area contributed by atoms with Gasteiger partial charge < -0.3 is 15.5 Å². The van der Waals surface area contributed by atoms with Gasteiger partial charge in [-0.2, -0.15) is 0 Å². The van der Waals surface area contributed by atoms with Crippen LogP contribution in [0.2, 0.25) is 0 Å². The highest BCUT2D eigenvalue weighted by Gasteiger charge is 2.38. The summed E-state index contributed by atoms with van der Waals surface area (Å²) in [5.41, 5.74) is -0.387. The Morgan fingerprint density at radius 1 is 1.37 bits per heavy atom. The smallest absolute Gasteiger partial charge is 0.244 e. The van der Waals surface area contributed by atoms with Gasteiger partial charge in [0.15, 0.2) is 0 Å². The molecule has 0 radical (unpaired) electrons. The molecule has 0 spiro atoms. The third-order valence-electron chi connectivity index (χ3n) is 3.67. The van der Waals surface area contributed by atoms with Gasteiger partial charge in [0.1, 0.15) is 6.04 Å². The van der Waals surface area contributed by atoms with Crippen molar-refractivity contribution in [2.75, 3.05) is 27.2 Å². The van der Waals surface area contributed by atoms with Crippen molar-refractivity contribution in [1.82, 2.24) is 15.5 Å². The Balaban J connectivity index is 2.71. The molecule has 0 aromatic carbocycles. The minimum Gasteiger partial charge on any atom is -0.347 e. The summed E-state index contributed by atoms with van der Waals surface area (Å²) < 4.78 is 0. The van der Waals surface area contributed by atoms with Gasteiger partial charge in [0.2, 0.25) is 11.8 Å². The molecular weight excluding hydrogens is 242 g/mol. The van der Waals surface area contributed by atoms with Crippen LogP contribution in [0.4, 0.5) is 0 Å². The number of carbonyl (C=O) groups excluding carboxylic acids is 2. The normalized spacial score (nSPS) is 24.3. The zero-order chi connectivity index (χ0) is 14.6. The molecule has 1 aliphatic heterocycles. The predicted molar refractivity (Wildman–Crippen MR) is 75.7 cm³/mol. The Labute approximate surface area is 116 Å². The lowest BCUT2D eigenvalue weighted by molar-refractivity contribution is -0.137. The molecule has 5 heteroatoms. The van der Waals surface area contributed by atoms with E-state index in [1.165, 1.54) is 0 Å². The molecule has 2 amide bonds. The lowest BCUT2D eigenvalue weighted by Crippen LogP contribution is -2.51. The molecule has 19 heavy (non-hydrogen) atoms. The molecule has 0 aromatic heterocycles. The lowest BCUT2D eigenvalue weighted by Gasteiger charge is -2.28. The number of hydrogen-bond donors (Lipinski definition) is 2. The molecule has 5 nitrogen and oxygen atoms in total. The second-order valence-electron chi connectivity index (χ2n) is 6.38. The zero-order valence-corrected chi connectivity index (χ0v) is 12.7. The summed E-state index contributed by atoms with van der Waals surface area (Å²) in [5, 5.41) is 6.15. The van der Waals surface area contributed by atoms with Crippen molar-refractivity contribution in [3.63, 3.8) is 0 Å². The first kappa shape index (κ1) is 16.0. The van der Waals surface area contributed by atoms with Crippen LogP contribution in [0.25, 0.3) is 0 Å². The van der Waals surface area contributed by atoms with Gasteiger partial charge in [-0.1, -0.05) is 13.8 Å². The Hall–Kier alpha value is -1.10. The van der Waals surface area contributed by atoms with E-state index in [1.54, 1.807) is 19.0 Å². The molecule has 110 valence electrons. The van der Waals surface area contributed by atoms with E-state index in [-0.39, 0.29) is 17.2 Å². The van der Waals surface area contributed by atoms with Crippen LogP contribution in [-0.2, 0) is 9.59 Å². The molecule has 1 rings (SSSR count). The van der Waals surface area contributed by atoms with Gasteiger partial charge in [-0.3, -0.25) is 9.59 Å². The highest BCUT2D eigenvalue weighted by Crippen LogP contribution is 2.25. The molecule has 2 unspecified atom stereocenters. The molecule has 1 saturated heterocycles. The minimum atomic E-state index is -0.417. The largest absolute Gasteiger partial charge is 0.347 e. The van der Waals surface area contributed by atoms with Crippen molar-refractivity contribution in [2.45, 2.75) is 39.7 Å². The number of nitrogens with zero attached hydrogens (tertiary/aromatic N) is 1. The fraction of sp³-hybridized carbons (Fsp3) is 0.857. The monoisotopic (exact) mass is 269 g/mol. The summed E-state index contributed by atoms with van der Waals surface area (Å²) in [7, 11) is 3.45. The average Bonchev–Trinajstić information content (AvgIpc) is 2.74. The van der Waals surface area contributed by atoms with Crippen LogP contribution in [0.15, 0.2) is 0 Å². The number of nitrogens with one attached hydrogen (secondary N) is 2. The maximum atomic E-state index is 12.4. The topological polar surface area (TPSA) is 61.4 Å². The van der Waals surface area contributed by atoms with Gasteiger partial charge in [-0.15, -0.1) is 0 Å². The second kappa shape index (κ2) is 6.37. The van der Waals surface area contributed by atoms with E-state index in [4.69, 9.17) is 0 Å².